The van der Waals surface area contributed by atoms with E-state index < -0.39 is 0 Å². The van der Waals surface area contributed by atoms with Crippen molar-refractivity contribution in [3.63, 3.8) is 0 Å². The number of rotatable bonds is 3. The van der Waals surface area contributed by atoms with Crippen molar-refractivity contribution in [2.24, 2.45) is 0 Å². The summed E-state index contributed by atoms with van der Waals surface area (Å²) in [5, 5.41) is 7.00. The van der Waals surface area contributed by atoms with Crippen molar-refractivity contribution in [1.82, 2.24) is 14.8 Å². The third-order valence-electron chi connectivity index (χ3n) is 2.40. The van der Waals surface area contributed by atoms with Gasteiger partial charge in [-0.25, -0.2) is 4.98 Å². The molecule has 1 amide bonds. The number of pyridine rings is 1. The average Bonchev–Trinajstić information content (AvgIpc) is 2.73. The summed E-state index contributed by atoms with van der Waals surface area (Å²) in [5.41, 5.74) is 1.38. The van der Waals surface area contributed by atoms with Crippen LogP contribution in [-0.4, -0.2) is 20.7 Å². The third kappa shape index (κ3) is 2.87. The Morgan fingerprint density at radius 3 is 2.89 bits per heavy atom. The molecule has 2 aromatic rings. The predicted octanol–water partition coefficient (Wildman–Crippen LogP) is 2.46. The van der Waals surface area contributed by atoms with E-state index in [4.69, 9.17) is 0 Å². The molecule has 1 N–H and O–H groups in total. The Bertz CT molecular complexity index is 562. The summed E-state index contributed by atoms with van der Waals surface area (Å²) in [6, 6.07) is 5.44. The SMILES string of the molecule is CCn1nc(C)cc1C(=O)Nc1ccc(I)cn1. The molecule has 0 aliphatic carbocycles. The lowest BCUT2D eigenvalue weighted by Gasteiger charge is -2.05. The van der Waals surface area contributed by atoms with Crippen molar-refractivity contribution < 1.29 is 4.79 Å². The third-order valence-corrected chi connectivity index (χ3v) is 3.04. The van der Waals surface area contributed by atoms with Gasteiger partial charge in [0.15, 0.2) is 0 Å². The van der Waals surface area contributed by atoms with Crippen LogP contribution in [0.15, 0.2) is 24.4 Å². The van der Waals surface area contributed by atoms with Gasteiger partial charge in [0.25, 0.3) is 5.91 Å². The van der Waals surface area contributed by atoms with E-state index in [1.54, 1.807) is 23.0 Å². The van der Waals surface area contributed by atoms with E-state index in [9.17, 15) is 4.79 Å². The number of nitrogens with zero attached hydrogens (tertiary/aromatic N) is 3. The van der Waals surface area contributed by atoms with Crippen molar-refractivity contribution in [3.8, 4) is 0 Å². The number of hydrogen-bond acceptors (Lipinski definition) is 3. The van der Waals surface area contributed by atoms with Gasteiger partial charge in [-0.1, -0.05) is 0 Å². The monoisotopic (exact) mass is 356 g/mol. The number of halogens is 1. The number of carbonyl (C=O) groups is 1. The quantitative estimate of drug-likeness (QED) is 0.860. The molecule has 6 heteroatoms. The van der Waals surface area contributed by atoms with E-state index >= 15 is 0 Å². The first-order valence-electron chi connectivity index (χ1n) is 5.57. The molecule has 0 aromatic carbocycles. The number of anilines is 1. The number of aromatic nitrogens is 3. The highest BCUT2D eigenvalue weighted by Gasteiger charge is 2.13. The standard InChI is InChI=1S/C12H13IN4O/c1-3-17-10(6-8(2)16-17)12(18)15-11-5-4-9(13)7-14-11/h4-7H,3H2,1-2H3,(H,14,15,18). The average molecular weight is 356 g/mol. The zero-order valence-electron chi connectivity index (χ0n) is 10.1. The smallest absolute Gasteiger partial charge is 0.275 e. The predicted molar refractivity (Wildman–Crippen MR) is 77.5 cm³/mol. The normalized spacial score (nSPS) is 10.4. The van der Waals surface area contributed by atoms with E-state index in [-0.39, 0.29) is 5.91 Å². The van der Waals surface area contributed by atoms with Crippen LogP contribution in [0.3, 0.4) is 0 Å². The minimum Gasteiger partial charge on any atom is -0.305 e. The fourth-order valence-electron chi connectivity index (χ4n) is 1.60. The first-order chi connectivity index (χ1) is 8.60. The van der Waals surface area contributed by atoms with Gasteiger partial charge in [0.1, 0.15) is 11.5 Å². The fraction of sp³-hybridized carbons (Fsp3) is 0.250. The van der Waals surface area contributed by atoms with Crippen molar-refractivity contribution in [3.05, 3.63) is 39.4 Å². The van der Waals surface area contributed by atoms with Crippen molar-refractivity contribution in [2.45, 2.75) is 20.4 Å². The molecule has 0 atom stereocenters. The van der Waals surface area contributed by atoms with Crippen LogP contribution >= 0.6 is 22.6 Å². The van der Waals surface area contributed by atoms with Gasteiger partial charge >= 0.3 is 0 Å². The zero-order chi connectivity index (χ0) is 13.1. The molecule has 2 heterocycles. The van der Waals surface area contributed by atoms with Crippen LogP contribution in [0.4, 0.5) is 5.82 Å². The van der Waals surface area contributed by atoms with Gasteiger partial charge in [0, 0.05) is 16.3 Å². The van der Waals surface area contributed by atoms with Crippen LogP contribution in [0.25, 0.3) is 0 Å². The number of carbonyl (C=O) groups excluding carboxylic acids is 1. The highest BCUT2D eigenvalue weighted by molar-refractivity contribution is 14.1. The van der Waals surface area contributed by atoms with E-state index in [1.807, 2.05) is 19.9 Å². The second kappa shape index (κ2) is 5.47. The molecule has 0 unspecified atom stereocenters. The first-order valence-corrected chi connectivity index (χ1v) is 6.65. The zero-order valence-corrected chi connectivity index (χ0v) is 12.3. The molecular formula is C12H13IN4O. The van der Waals surface area contributed by atoms with Gasteiger partial charge in [0.2, 0.25) is 0 Å². The van der Waals surface area contributed by atoms with Gasteiger partial charge in [0.05, 0.1) is 5.69 Å². The minimum atomic E-state index is -0.189. The highest BCUT2D eigenvalue weighted by atomic mass is 127. The summed E-state index contributed by atoms with van der Waals surface area (Å²) in [6.45, 7) is 4.48. The van der Waals surface area contributed by atoms with Crippen LogP contribution in [0, 0.1) is 10.5 Å². The number of hydrogen-bond donors (Lipinski definition) is 1. The van der Waals surface area contributed by atoms with E-state index in [0.717, 1.165) is 9.26 Å². The molecule has 0 fully saturated rings. The van der Waals surface area contributed by atoms with Gasteiger partial charge in [-0.3, -0.25) is 9.48 Å². The summed E-state index contributed by atoms with van der Waals surface area (Å²) in [4.78, 5) is 16.2. The van der Waals surface area contributed by atoms with E-state index in [2.05, 4.69) is 38.0 Å². The molecular weight excluding hydrogens is 343 g/mol. The van der Waals surface area contributed by atoms with E-state index in [1.165, 1.54) is 0 Å². The molecule has 0 aliphatic heterocycles. The molecule has 2 rings (SSSR count). The fourth-order valence-corrected chi connectivity index (χ4v) is 1.92. The van der Waals surface area contributed by atoms with Crippen molar-refractivity contribution in [2.75, 3.05) is 5.32 Å². The molecule has 0 radical (unpaired) electrons. The summed E-state index contributed by atoms with van der Waals surface area (Å²) in [5.74, 6) is 0.355. The molecule has 0 bridgehead atoms. The molecule has 0 spiro atoms. The lowest BCUT2D eigenvalue weighted by molar-refractivity contribution is 0.101. The minimum absolute atomic E-state index is 0.189. The highest BCUT2D eigenvalue weighted by Crippen LogP contribution is 2.10. The van der Waals surface area contributed by atoms with Crippen LogP contribution < -0.4 is 5.32 Å². The van der Waals surface area contributed by atoms with Gasteiger partial charge in [-0.2, -0.15) is 5.10 Å². The van der Waals surface area contributed by atoms with Gasteiger partial charge in [-0.05, 0) is 54.6 Å². The lowest BCUT2D eigenvalue weighted by Crippen LogP contribution is -2.17. The van der Waals surface area contributed by atoms with Crippen LogP contribution in [0.1, 0.15) is 23.1 Å². The van der Waals surface area contributed by atoms with E-state index in [0.29, 0.717) is 18.1 Å². The summed E-state index contributed by atoms with van der Waals surface area (Å²) in [7, 11) is 0. The first kappa shape index (κ1) is 13.0. The Morgan fingerprint density at radius 1 is 1.50 bits per heavy atom. The Labute approximate surface area is 119 Å². The summed E-state index contributed by atoms with van der Waals surface area (Å²) in [6.07, 6.45) is 1.71. The number of nitrogens with one attached hydrogen (secondary N) is 1. The Hall–Kier alpha value is -1.44. The van der Waals surface area contributed by atoms with Crippen molar-refractivity contribution >= 4 is 34.3 Å². The molecule has 2 aromatic heterocycles. The Morgan fingerprint density at radius 2 is 2.28 bits per heavy atom. The van der Waals surface area contributed by atoms with Crippen LogP contribution in [-0.2, 0) is 6.54 Å². The van der Waals surface area contributed by atoms with Gasteiger partial charge < -0.3 is 5.32 Å². The molecule has 0 saturated carbocycles. The maximum atomic E-state index is 12.1. The van der Waals surface area contributed by atoms with Gasteiger partial charge in [-0.15, -0.1) is 0 Å². The number of amides is 1. The maximum Gasteiger partial charge on any atom is 0.275 e. The molecule has 0 aliphatic rings. The maximum absolute atomic E-state index is 12.1. The second-order valence-electron chi connectivity index (χ2n) is 3.80. The molecule has 0 saturated heterocycles. The van der Waals surface area contributed by atoms with Crippen molar-refractivity contribution in [1.29, 1.82) is 0 Å². The number of aryl methyl sites for hydroxylation is 2. The molecule has 94 valence electrons. The largest absolute Gasteiger partial charge is 0.305 e. The summed E-state index contributed by atoms with van der Waals surface area (Å²) < 4.78 is 2.71. The Balaban J connectivity index is 2.19. The second-order valence-corrected chi connectivity index (χ2v) is 5.05. The van der Waals surface area contributed by atoms with Crippen LogP contribution in [0.5, 0.6) is 0 Å². The Kier molecular flexibility index (Phi) is 3.95. The van der Waals surface area contributed by atoms with Crippen LogP contribution in [0.2, 0.25) is 0 Å². The topological polar surface area (TPSA) is 59.8 Å². The molecule has 5 nitrogen and oxygen atoms in total. The summed E-state index contributed by atoms with van der Waals surface area (Å²) >= 11 is 2.17. The lowest BCUT2D eigenvalue weighted by atomic mass is 10.3. The molecule has 18 heavy (non-hydrogen) atoms.